The van der Waals surface area contributed by atoms with E-state index in [4.69, 9.17) is 0 Å². The van der Waals surface area contributed by atoms with Crippen molar-refractivity contribution in [1.29, 1.82) is 0 Å². The van der Waals surface area contributed by atoms with E-state index < -0.39 is 15.8 Å². The quantitative estimate of drug-likeness (QED) is 0.729. The third kappa shape index (κ3) is 3.71. The molecule has 2 N–H and O–H groups in total. The van der Waals surface area contributed by atoms with Crippen molar-refractivity contribution in [1.82, 2.24) is 9.03 Å². The van der Waals surface area contributed by atoms with E-state index in [9.17, 15) is 13.5 Å². The minimum Gasteiger partial charge on any atom is -0.389 e. The molecule has 5 nitrogen and oxygen atoms in total. The highest BCUT2D eigenvalue weighted by Crippen LogP contribution is 2.21. The fourth-order valence-electron chi connectivity index (χ4n) is 1.75. The summed E-state index contributed by atoms with van der Waals surface area (Å²) in [6.07, 6.45) is 1.35. The van der Waals surface area contributed by atoms with Crippen LogP contribution in [0, 0.1) is 0 Å². The number of aliphatic hydroxyl groups is 1. The number of hydrogen-bond donors (Lipinski definition) is 2. The van der Waals surface area contributed by atoms with Gasteiger partial charge in [0, 0.05) is 19.1 Å². The SMILES string of the molecule is CC(C)NS(=O)(=O)N1CCCC(C)(O)C1. The summed E-state index contributed by atoms with van der Waals surface area (Å²) in [5.74, 6) is 0. The van der Waals surface area contributed by atoms with Gasteiger partial charge < -0.3 is 5.11 Å². The van der Waals surface area contributed by atoms with Crippen LogP contribution in [0.1, 0.15) is 33.6 Å². The van der Waals surface area contributed by atoms with Crippen molar-refractivity contribution in [3.8, 4) is 0 Å². The Morgan fingerprint density at radius 1 is 1.47 bits per heavy atom. The molecule has 0 bridgehead atoms. The van der Waals surface area contributed by atoms with Crippen LogP contribution in [-0.2, 0) is 10.2 Å². The van der Waals surface area contributed by atoms with E-state index in [1.807, 2.05) is 0 Å². The van der Waals surface area contributed by atoms with Gasteiger partial charge in [-0.2, -0.15) is 17.4 Å². The van der Waals surface area contributed by atoms with Crippen molar-refractivity contribution in [2.45, 2.75) is 45.3 Å². The molecular formula is C9H20N2O3S. The maximum Gasteiger partial charge on any atom is 0.279 e. The lowest BCUT2D eigenvalue weighted by atomic mass is 9.97. The molecule has 90 valence electrons. The number of piperidine rings is 1. The average molecular weight is 236 g/mol. The molecule has 0 radical (unpaired) electrons. The van der Waals surface area contributed by atoms with Gasteiger partial charge in [-0.05, 0) is 33.6 Å². The molecule has 0 amide bonds. The van der Waals surface area contributed by atoms with Crippen molar-refractivity contribution in [3.63, 3.8) is 0 Å². The van der Waals surface area contributed by atoms with Gasteiger partial charge in [-0.15, -0.1) is 0 Å². The molecule has 0 spiro atoms. The minimum atomic E-state index is -3.43. The van der Waals surface area contributed by atoms with Gasteiger partial charge in [-0.1, -0.05) is 0 Å². The fraction of sp³-hybridized carbons (Fsp3) is 1.00. The van der Waals surface area contributed by atoms with Crippen molar-refractivity contribution in [3.05, 3.63) is 0 Å². The van der Waals surface area contributed by atoms with E-state index in [-0.39, 0.29) is 12.6 Å². The van der Waals surface area contributed by atoms with E-state index >= 15 is 0 Å². The number of nitrogens with one attached hydrogen (secondary N) is 1. The number of β-amino-alcohol motifs (C(OH)–C–C–N with tert-alkyl or cyclic N) is 1. The molecule has 1 atom stereocenters. The minimum absolute atomic E-state index is 0.123. The monoisotopic (exact) mass is 236 g/mol. The Morgan fingerprint density at radius 2 is 2.07 bits per heavy atom. The summed E-state index contributed by atoms with van der Waals surface area (Å²) in [5.41, 5.74) is -0.899. The number of hydrogen-bond acceptors (Lipinski definition) is 3. The molecule has 1 aliphatic rings. The third-order valence-corrected chi connectivity index (χ3v) is 4.13. The number of rotatable bonds is 3. The van der Waals surface area contributed by atoms with Crippen molar-refractivity contribution < 1.29 is 13.5 Å². The Bertz CT molecular complexity index is 311. The third-order valence-electron chi connectivity index (χ3n) is 2.36. The molecule has 1 unspecified atom stereocenters. The van der Waals surface area contributed by atoms with Gasteiger partial charge in [-0.25, -0.2) is 0 Å². The summed E-state index contributed by atoms with van der Waals surface area (Å²) < 4.78 is 27.4. The molecule has 1 saturated heterocycles. The summed E-state index contributed by atoms with van der Waals surface area (Å²) in [6, 6.07) is -0.123. The highest BCUT2D eigenvalue weighted by molar-refractivity contribution is 7.87. The van der Waals surface area contributed by atoms with E-state index in [1.54, 1.807) is 20.8 Å². The fourth-order valence-corrected chi connectivity index (χ4v) is 3.31. The standard InChI is InChI=1S/C9H20N2O3S/c1-8(2)10-15(13,14)11-6-4-5-9(3,12)7-11/h8,10,12H,4-7H2,1-3H3. The van der Waals surface area contributed by atoms with Gasteiger partial charge in [0.2, 0.25) is 0 Å². The first-order valence-corrected chi connectivity index (χ1v) is 6.67. The highest BCUT2D eigenvalue weighted by atomic mass is 32.2. The maximum atomic E-state index is 11.8. The molecular weight excluding hydrogens is 216 g/mol. The molecule has 6 heteroatoms. The first-order valence-electron chi connectivity index (χ1n) is 5.23. The molecule has 1 fully saturated rings. The van der Waals surface area contributed by atoms with Crippen LogP contribution >= 0.6 is 0 Å². The zero-order valence-corrected chi connectivity index (χ0v) is 10.3. The predicted molar refractivity (Wildman–Crippen MR) is 58.6 cm³/mol. The molecule has 0 aromatic heterocycles. The normalized spacial score (nSPS) is 29.7. The Labute approximate surface area is 91.7 Å². The van der Waals surface area contributed by atoms with Gasteiger partial charge >= 0.3 is 0 Å². The van der Waals surface area contributed by atoms with Gasteiger partial charge in [-0.3, -0.25) is 0 Å². The molecule has 15 heavy (non-hydrogen) atoms. The van der Waals surface area contributed by atoms with Crippen LogP contribution in [0.2, 0.25) is 0 Å². The topological polar surface area (TPSA) is 69.6 Å². The maximum absolute atomic E-state index is 11.8. The summed E-state index contributed by atoms with van der Waals surface area (Å²) in [5, 5.41) is 9.81. The molecule has 0 aromatic rings. The lowest BCUT2D eigenvalue weighted by Gasteiger charge is -2.36. The lowest BCUT2D eigenvalue weighted by molar-refractivity contribution is 0.00899. The summed E-state index contributed by atoms with van der Waals surface area (Å²) in [4.78, 5) is 0. The van der Waals surface area contributed by atoms with Crippen LogP contribution < -0.4 is 4.72 Å². The molecule has 0 aliphatic carbocycles. The average Bonchev–Trinajstić information content (AvgIpc) is 1.99. The van der Waals surface area contributed by atoms with Crippen LogP contribution in [0.3, 0.4) is 0 Å². The molecule has 1 aliphatic heterocycles. The van der Waals surface area contributed by atoms with E-state index in [0.29, 0.717) is 19.4 Å². The van der Waals surface area contributed by atoms with E-state index in [2.05, 4.69) is 4.72 Å². The zero-order chi connectivity index (χ0) is 11.7. The summed E-state index contributed by atoms with van der Waals surface area (Å²) in [6.45, 7) is 5.89. The molecule has 0 aromatic carbocycles. The van der Waals surface area contributed by atoms with Gasteiger partial charge in [0.1, 0.15) is 0 Å². The Hall–Kier alpha value is -0.170. The van der Waals surface area contributed by atoms with Crippen LogP contribution in [0.4, 0.5) is 0 Å². The van der Waals surface area contributed by atoms with Crippen LogP contribution in [0.15, 0.2) is 0 Å². The predicted octanol–water partition coefficient (Wildman–Crippen LogP) is 0.0760. The van der Waals surface area contributed by atoms with E-state index in [0.717, 1.165) is 0 Å². The second kappa shape index (κ2) is 4.37. The highest BCUT2D eigenvalue weighted by Gasteiger charge is 2.34. The Morgan fingerprint density at radius 3 is 2.53 bits per heavy atom. The summed E-state index contributed by atoms with van der Waals surface area (Å²) >= 11 is 0. The molecule has 1 heterocycles. The first kappa shape index (κ1) is 12.9. The van der Waals surface area contributed by atoms with Crippen molar-refractivity contribution >= 4 is 10.2 Å². The zero-order valence-electron chi connectivity index (χ0n) is 9.52. The molecule has 0 saturated carbocycles. The lowest BCUT2D eigenvalue weighted by Crippen LogP contribution is -2.53. The van der Waals surface area contributed by atoms with Gasteiger partial charge in [0.05, 0.1) is 5.60 Å². The second-order valence-electron chi connectivity index (χ2n) is 4.71. The number of nitrogens with zero attached hydrogens (tertiary/aromatic N) is 1. The van der Waals surface area contributed by atoms with Crippen molar-refractivity contribution in [2.24, 2.45) is 0 Å². The Kier molecular flexibility index (Phi) is 3.76. The van der Waals surface area contributed by atoms with Crippen LogP contribution in [-0.4, -0.2) is 42.6 Å². The van der Waals surface area contributed by atoms with Gasteiger partial charge in [0.25, 0.3) is 10.2 Å². The van der Waals surface area contributed by atoms with Crippen LogP contribution in [0.5, 0.6) is 0 Å². The van der Waals surface area contributed by atoms with Crippen molar-refractivity contribution in [2.75, 3.05) is 13.1 Å². The largest absolute Gasteiger partial charge is 0.389 e. The smallest absolute Gasteiger partial charge is 0.279 e. The van der Waals surface area contributed by atoms with Crippen LogP contribution in [0.25, 0.3) is 0 Å². The second-order valence-corrected chi connectivity index (χ2v) is 6.41. The first-order chi connectivity index (χ1) is 6.73. The van der Waals surface area contributed by atoms with Gasteiger partial charge in [0.15, 0.2) is 0 Å². The van der Waals surface area contributed by atoms with E-state index in [1.165, 1.54) is 4.31 Å². The summed E-state index contributed by atoms with van der Waals surface area (Å²) in [7, 11) is -3.43. The molecule has 1 rings (SSSR count). The Balaban J connectivity index is 2.71.